The van der Waals surface area contributed by atoms with E-state index in [1.807, 2.05) is 25.3 Å². The number of hydrogen-bond donors (Lipinski definition) is 0. The number of imide groups is 1. The molecule has 2 amide bonds. The van der Waals surface area contributed by atoms with Gasteiger partial charge in [0.2, 0.25) is 5.78 Å². The topological polar surface area (TPSA) is 85.7 Å². The maximum Gasteiger partial charge on any atom is 0.308 e. The molecule has 0 bridgehead atoms. The third-order valence-corrected chi connectivity index (χ3v) is 4.97. The molecule has 0 saturated carbocycles. The minimum absolute atomic E-state index is 0.0796. The molecule has 0 radical (unpaired) electrons. The normalized spacial score (nSPS) is 13.0. The van der Waals surface area contributed by atoms with Crippen molar-refractivity contribution in [2.24, 2.45) is 0 Å². The van der Waals surface area contributed by atoms with Crippen LogP contribution in [0.5, 0.6) is 0 Å². The summed E-state index contributed by atoms with van der Waals surface area (Å²) < 4.78 is 7.07. The van der Waals surface area contributed by atoms with E-state index in [9.17, 15) is 19.2 Å². The van der Waals surface area contributed by atoms with Gasteiger partial charge in [-0.3, -0.25) is 24.1 Å². The maximum absolute atomic E-state index is 12.4. The number of fused-ring (bicyclic) bond motifs is 1. The van der Waals surface area contributed by atoms with Crippen molar-refractivity contribution in [2.45, 2.75) is 33.7 Å². The third-order valence-electron chi connectivity index (χ3n) is 4.97. The van der Waals surface area contributed by atoms with Crippen molar-refractivity contribution < 1.29 is 23.9 Å². The first-order chi connectivity index (χ1) is 13.3. The van der Waals surface area contributed by atoms with E-state index in [-0.39, 0.29) is 25.4 Å². The van der Waals surface area contributed by atoms with Gasteiger partial charge in [0, 0.05) is 30.0 Å². The number of ketones is 1. The van der Waals surface area contributed by atoms with Gasteiger partial charge >= 0.3 is 5.97 Å². The van der Waals surface area contributed by atoms with Crippen molar-refractivity contribution in [1.82, 2.24) is 9.47 Å². The number of carbonyl (C=O) groups is 4. The van der Waals surface area contributed by atoms with E-state index in [1.165, 1.54) is 0 Å². The summed E-state index contributed by atoms with van der Waals surface area (Å²) in [7, 11) is 0. The molecule has 2 aromatic rings. The van der Waals surface area contributed by atoms with E-state index < -0.39 is 17.8 Å². The van der Waals surface area contributed by atoms with E-state index >= 15 is 0 Å². The third kappa shape index (κ3) is 3.47. The van der Waals surface area contributed by atoms with E-state index in [4.69, 9.17) is 4.74 Å². The average Bonchev–Trinajstić information content (AvgIpc) is 3.11. The largest absolute Gasteiger partial charge is 0.457 e. The lowest BCUT2D eigenvalue weighted by Gasteiger charge is -2.13. The molecule has 28 heavy (non-hydrogen) atoms. The summed E-state index contributed by atoms with van der Waals surface area (Å²) in [5.74, 6) is -1.75. The molecule has 0 N–H and O–H groups in total. The van der Waals surface area contributed by atoms with Crippen molar-refractivity contribution in [3.8, 4) is 0 Å². The maximum atomic E-state index is 12.4. The Morgan fingerprint density at radius 2 is 1.64 bits per heavy atom. The molecular weight excluding hydrogens is 360 g/mol. The first-order valence-corrected chi connectivity index (χ1v) is 9.16. The molecule has 146 valence electrons. The molecule has 7 nitrogen and oxygen atoms in total. The number of rotatable bonds is 7. The predicted molar refractivity (Wildman–Crippen MR) is 101 cm³/mol. The number of Topliss-reactive ketones (excluding diaryl/α,β-unsaturated/α-hetero) is 1. The fourth-order valence-electron chi connectivity index (χ4n) is 3.51. The van der Waals surface area contributed by atoms with Crippen LogP contribution in [-0.2, 0) is 16.1 Å². The van der Waals surface area contributed by atoms with E-state index in [2.05, 4.69) is 0 Å². The highest BCUT2D eigenvalue weighted by atomic mass is 16.5. The summed E-state index contributed by atoms with van der Waals surface area (Å²) in [6.07, 6.45) is -0.160. The minimum Gasteiger partial charge on any atom is -0.457 e. The second kappa shape index (κ2) is 7.80. The lowest BCUT2D eigenvalue weighted by molar-refractivity contribution is -0.142. The number of carbonyl (C=O) groups excluding carboxylic acids is 4. The minimum atomic E-state index is -0.630. The SMILES string of the molecule is CCn1c(C)cc(C(=O)COC(=O)CCN2C(=O)c3ccccc3C2=O)c1C. The summed E-state index contributed by atoms with van der Waals surface area (Å²) in [5.41, 5.74) is 3.02. The molecular formula is C21H22N2O5. The van der Waals surface area contributed by atoms with Gasteiger partial charge in [0.25, 0.3) is 11.8 Å². The molecule has 1 aromatic carbocycles. The molecule has 7 heteroatoms. The zero-order valence-corrected chi connectivity index (χ0v) is 16.2. The number of hydrogen-bond acceptors (Lipinski definition) is 5. The van der Waals surface area contributed by atoms with Crippen LogP contribution in [0.15, 0.2) is 30.3 Å². The molecule has 0 unspecified atom stereocenters. The van der Waals surface area contributed by atoms with Crippen molar-refractivity contribution >= 4 is 23.6 Å². The van der Waals surface area contributed by atoms with Crippen molar-refractivity contribution in [3.05, 3.63) is 58.4 Å². The van der Waals surface area contributed by atoms with Crippen molar-refractivity contribution in [1.29, 1.82) is 0 Å². The summed E-state index contributed by atoms with van der Waals surface area (Å²) in [6.45, 7) is 6.08. The fourth-order valence-corrected chi connectivity index (χ4v) is 3.51. The Kier molecular flexibility index (Phi) is 5.44. The highest BCUT2D eigenvalue weighted by Crippen LogP contribution is 2.22. The van der Waals surface area contributed by atoms with E-state index in [0.29, 0.717) is 16.7 Å². The monoisotopic (exact) mass is 382 g/mol. The van der Waals surface area contributed by atoms with Gasteiger partial charge in [-0.2, -0.15) is 0 Å². The van der Waals surface area contributed by atoms with Crippen LogP contribution in [0, 0.1) is 13.8 Å². The number of ether oxygens (including phenoxy) is 1. The number of aromatic nitrogens is 1. The summed E-state index contributed by atoms with van der Waals surface area (Å²) >= 11 is 0. The van der Waals surface area contributed by atoms with Gasteiger partial charge in [-0.15, -0.1) is 0 Å². The Morgan fingerprint density at radius 3 is 2.18 bits per heavy atom. The number of amides is 2. The van der Waals surface area contributed by atoms with Crippen LogP contribution in [0.2, 0.25) is 0 Å². The van der Waals surface area contributed by atoms with Gasteiger partial charge in [0.15, 0.2) is 6.61 Å². The Labute approximate surface area is 162 Å². The van der Waals surface area contributed by atoms with Crippen LogP contribution in [0.25, 0.3) is 0 Å². The first-order valence-electron chi connectivity index (χ1n) is 9.16. The number of nitrogens with zero attached hydrogens (tertiary/aromatic N) is 2. The van der Waals surface area contributed by atoms with Crippen molar-refractivity contribution in [3.63, 3.8) is 0 Å². The van der Waals surface area contributed by atoms with Crippen LogP contribution in [0.3, 0.4) is 0 Å². The molecule has 3 rings (SSSR count). The van der Waals surface area contributed by atoms with Crippen LogP contribution in [0.1, 0.15) is 55.8 Å². The molecule has 1 aromatic heterocycles. The Bertz CT molecular complexity index is 938. The van der Waals surface area contributed by atoms with Gasteiger partial charge in [0.1, 0.15) is 0 Å². The zero-order valence-electron chi connectivity index (χ0n) is 16.2. The summed E-state index contributed by atoms with van der Waals surface area (Å²) in [6, 6.07) is 8.32. The van der Waals surface area contributed by atoms with Gasteiger partial charge in [-0.25, -0.2) is 0 Å². The summed E-state index contributed by atoms with van der Waals surface area (Å²) in [4.78, 5) is 49.9. The summed E-state index contributed by atoms with van der Waals surface area (Å²) in [5, 5.41) is 0. The lowest BCUT2D eigenvalue weighted by Crippen LogP contribution is -2.32. The highest BCUT2D eigenvalue weighted by Gasteiger charge is 2.35. The Balaban J connectivity index is 1.54. The van der Waals surface area contributed by atoms with Crippen LogP contribution >= 0.6 is 0 Å². The molecule has 0 fully saturated rings. The second-order valence-corrected chi connectivity index (χ2v) is 6.67. The molecule has 0 saturated heterocycles. The number of aryl methyl sites for hydroxylation is 1. The lowest BCUT2D eigenvalue weighted by atomic mass is 10.1. The first kappa shape index (κ1) is 19.5. The van der Waals surface area contributed by atoms with Gasteiger partial charge in [-0.05, 0) is 39.0 Å². The number of esters is 1. The van der Waals surface area contributed by atoms with E-state index in [0.717, 1.165) is 22.8 Å². The Hall–Kier alpha value is -3.22. The smallest absolute Gasteiger partial charge is 0.308 e. The molecule has 2 heterocycles. The average molecular weight is 382 g/mol. The Morgan fingerprint density at radius 1 is 1.04 bits per heavy atom. The van der Waals surface area contributed by atoms with Gasteiger partial charge in [0.05, 0.1) is 17.5 Å². The van der Waals surface area contributed by atoms with Gasteiger partial charge < -0.3 is 9.30 Å². The zero-order chi connectivity index (χ0) is 20.4. The van der Waals surface area contributed by atoms with Crippen LogP contribution < -0.4 is 0 Å². The highest BCUT2D eigenvalue weighted by molar-refractivity contribution is 6.21. The molecule has 0 aliphatic carbocycles. The molecule has 1 aliphatic rings. The van der Waals surface area contributed by atoms with Gasteiger partial charge in [-0.1, -0.05) is 12.1 Å². The van der Waals surface area contributed by atoms with Crippen LogP contribution in [-0.4, -0.2) is 46.2 Å². The van der Waals surface area contributed by atoms with E-state index in [1.54, 1.807) is 30.3 Å². The molecule has 1 aliphatic heterocycles. The molecule has 0 atom stereocenters. The fraction of sp³-hybridized carbons (Fsp3) is 0.333. The standard InChI is InChI=1S/C21H22N2O5/c1-4-22-13(2)11-17(14(22)3)18(24)12-28-19(25)9-10-23-20(26)15-7-5-6-8-16(15)21(23)27/h5-8,11H,4,9-10,12H2,1-3H3. The van der Waals surface area contributed by atoms with Crippen LogP contribution in [0.4, 0.5) is 0 Å². The van der Waals surface area contributed by atoms with Crippen molar-refractivity contribution in [2.75, 3.05) is 13.2 Å². The molecule has 0 spiro atoms. The second-order valence-electron chi connectivity index (χ2n) is 6.67. The number of benzene rings is 1. The quantitative estimate of drug-likeness (QED) is 0.417. The predicted octanol–water partition coefficient (Wildman–Crippen LogP) is 2.54.